The summed E-state index contributed by atoms with van der Waals surface area (Å²) in [6, 6.07) is 10.6. The van der Waals surface area contributed by atoms with E-state index in [-0.39, 0.29) is 48.5 Å². The highest BCUT2D eigenvalue weighted by molar-refractivity contribution is 7.89. The summed E-state index contributed by atoms with van der Waals surface area (Å²) in [6.45, 7) is 0.559. The quantitative estimate of drug-likeness (QED) is 0.420. The molecule has 8 nitrogen and oxygen atoms in total. The Balaban J connectivity index is 1.63. The number of hydrogen-bond donors (Lipinski definition) is 0. The summed E-state index contributed by atoms with van der Waals surface area (Å²) < 4.78 is 39.6. The second-order valence-corrected chi connectivity index (χ2v) is 8.31. The summed E-state index contributed by atoms with van der Waals surface area (Å²) in [6.07, 6.45) is 2.92. The average Bonchev–Trinajstić information content (AvgIpc) is 2.73. The predicted octanol–water partition coefficient (Wildman–Crippen LogP) is 2.28. The normalized spacial score (nSPS) is 15.6. The van der Waals surface area contributed by atoms with Crippen LogP contribution in [0.2, 0.25) is 0 Å². The lowest BCUT2D eigenvalue weighted by Crippen LogP contribution is -2.50. The van der Waals surface area contributed by atoms with Crippen molar-refractivity contribution in [3.8, 4) is 0 Å². The number of piperazine rings is 1. The van der Waals surface area contributed by atoms with E-state index in [4.69, 9.17) is 0 Å². The van der Waals surface area contributed by atoms with Crippen LogP contribution in [-0.4, -0.2) is 54.6 Å². The van der Waals surface area contributed by atoms with E-state index >= 15 is 0 Å². The van der Waals surface area contributed by atoms with Crippen LogP contribution in [0.5, 0.6) is 0 Å². The zero-order valence-electron chi connectivity index (χ0n) is 15.3. The molecule has 29 heavy (non-hydrogen) atoms. The van der Waals surface area contributed by atoms with Crippen molar-refractivity contribution >= 4 is 27.7 Å². The van der Waals surface area contributed by atoms with Gasteiger partial charge in [0.15, 0.2) is 0 Å². The summed E-state index contributed by atoms with van der Waals surface area (Å²) in [7, 11) is -3.89. The van der Waals surface area contributed by atoms with E-state index in [0.717, 1.165) is 6.07 Å². The van der Waals surface area contributed by atoms with Crippen molar-refractivity contribution in [2.75, 3.05) is 26.2 Å². The van der Waals surface area contributed by atoms with Crippen molar-refractivity contribution in [3.63, 3.8) is 0 Å². The number of benzene rings is 2. The Bertz CT molecular complexity index is 1050. The number of amides is 1. The minimum absolute atomic E-state index is 0.0845. The van der Waals surface area contributed by atoms with E-state index in [1.54, 1.807) is 18.2 Å². The molecule has 0 N–H and O–H groups in total. The van der Waals surface area contributed by atoms with Crippen molar-refractivity contribution in [2.24, 2.45) is 0 Å². The van der Waals surface area contributed by atoms with Crippen molar-refractivity contribution in [1.82, 2.24) is 9.21 Å². The maximum atomic E-state index is 12.9. The van der Waals surface area contributed by atoms with E-state index in [1.165, 1.54) is 45.6 Å². The number of nitro groups is 1. The van der Waals surface area contributed by atoms with E-state index in [2.05, 4.69) is 0 Å². The lowest BCUT2D eigenvalue weighted by Gasteiger charge is -2.33. The highest BCUT2D eigenvalue weighted by Crippen LogP contribution is 2.22. The van der Waals surface area contributed by atoms with Crippen LogP contribution in [0.1, 0.15) is 5.56 Å². The topological polar surface area (TPSA) is 101 Å². The molecule has 0 aromatic heterocycles. The van der Waals surface area contributed by atoms with Crippen LogP contribution in [0.15, 0.2) is 59.5 Å². The van der Waals surface area contributed by atoms with Crippen molar-refractivity contribution in [2.45, 2.75) is 4.90 Å². The molecule has 1 fully saturated rings. The fourth-order valence-electron chi connectivity index (χ4n) is 2.90. The third-order valence-corrected chi connectivity index (χ3v) is 6.40. The molecule has 2 aromatic carbocycles. The molecular formula is C19H18FN3O5S. The summed E-state index contributed by atoms with van der Waals surface area (Å²) in [5.74, 6) is -0.642. The molecule has 1 amide bonds. The van der Waals surface area contributed by atoms with Crippen LogP contribution in [0.25, 0.3) is 6.08 Å². The molecule has 1 saturated heterocycles. The minimum Gasteiger partial charge on any atom is -0.337 e. The Kier molecular flexibility index (Phi) is 6.04. The SMILES string of the molecule is O=C(/C=C/c1ccc(F)cc1)N1CCN(S(=O)(=O)c2cccc([N+](=O)[O-])c2)CC1. The number of carbonyl (C=O) groups excluding carboxylic acids is 1. The van der Waals surface area contributed by atoms with Gasteiger partial charge in [-0.2, -0.15) is 4.31 Å². The standard InChI is InChI=1S/C19H18FN3O5S/c20-16-7-4-15(5-8-16)6-9-19(24)21-10-12-22(13-11-21)29(27,28)18-3-1-2-17(14-18)23(25)26/h1-9,14H,10-13H2/b9-6+. The summed E-state index contributed by atoms with van der Waals surface area (Å²) in [5, 5.41) is 10.9. The number of nitrogens with zero attached hydrogens (tertiary/aromatic N) is 3. The molecule has 0 atom stereocenters. The van der Waals surface area contributed by atoms with Crippen molar-refractivity contribution in [1.29, 1.82) is 0 Å². The summed E-state index contributed by atoms with van der Waals surface area (Å²) >= 11 is 0. The van der Waals surface area contributed by atoms with E-state index in [1.807, 2.05) is 0 Å². The fourth-order valence-corrected chi connectivity index (χ4v) is 4.36. The summed E-state index contributed by atoms with van der Waals surface area (Å²) in [5.41, 5.74) is 0.373. The molecule has 0 unspecified atom stereocenters. The first-order valence-corrected chi connectivity index (χ1v) is 10.2. The maximum Gasteiger partial charge on any atom is 0.270 e. The molecular weight excluding hydrogens is 401 g/mol. The molecule has 3 rings (SSSR count). The van der Waals surface area contributed by atoms with Gasteiger partial charge in [0.25, 0.3) is 5.69 Å². The molecule has 0 aliphatic carbocycles. The van der Waals surface area contributed by atoms with E-state index < -0.39 is 14.9 Å². The van der Waals surface area contributed by atoms with Crippen LogP contribution in [0.4, 0.5) is 10.1 Å². The highest BCUT2D eigenvalue weighted by Gasteiger charge is 2.30. The second kappa shape index (κ2) is 8.50. The van der Waals surface area contributed by atoms with Gasteiger partial charge in [0.1, 0.15) is 5.82 Å². The van der Waals surface area contributed by atoms with Crippen LogP contribution in [-0.2, 0) is 14.8 Å². The third-order valence-electron chi connectivity index (χ3n) is 4.50. The van der Waals surface area contributed by atoms with Gasteiger partial charge in [0.2, 0.25) is 15.9 Å². The monoisotopic (exact) mass is 419 g/mol. The first-order valence-electron chi connectivity index (χ1n) is 8.74. The van der Waals surface area contributed by atoms with Gasteiger partial charge in [-0.05, 0) is 29.8 Å². The van der Waals surface area contributed by atoms with Gasteiger partial charge >= 0.3 is 0 Å². The molecule has 0 bridgehead atoms. The Morgan fingerprint density at radius 2 is 1.72 bits per heavy atom. The van der Waals surface area contributed by atoms with Crippen molar-refractivity contribution < 1.29 is 22.5 Å². The van der Waals surface area contributed by atoms with Gasteiger partial charge in [0, 0.05) is 44.4 Å². The lowest BCUT2D eigenvalue weighted by molar-refractivity contribution is -0.385. The van der Waals surface area contributed by atoms with E-state index in [9.17, 15) is 27.7 Å². The smallest absolute Gasteiger partial charge is 0.270 e. The molecule has 1 aliphatic heterocycles. The summed E-state index contributed by atoms with van der Waals surface area (Å²) in [4.78, 5) is 23.9. The van der Waals surface area contributed by atoms with Crippen LogP contribution in [0.3, 0.4) is 0 Å². The number of carbonyl (C=O) groups is 1. The highest BCUT2D eigenvalue weighted by atomic mass is 32.2. The Hall–Kier alpha value is -3.11. The predicted molar refractivity (Wildman–Crippen MR) is 104 cm³/mol. The molecule has 0 radical (unpaired) electrons. The molecule has 10 heteroatoms. The van der Waals surface area contributed by atoms with Gasteiger partial charge in [0.05, 0.1) is 9.82 Å². The van der Waals surface area contributed by atoms with Gasteiger partial charge in [-0.3, -0.25) is 14.9 Å². The van der Waals surface area contributed by atoms with Crippen LogP contribution >= 0.6 is 0 Å². The number of nitro benzene ring substituents is 1. The Morgan fingerprint density at radius 1 is 1.07 bits per heavy atom. The largest absolute Gasteiger partial charge is 0.337 e. The molecule has 1 heterocycles. The minimum atomic E-state index is -3.89. The Labute approximate surface area is 167 Å². The van der Waals surface area contributed by atoms with E-state index in [0.29, 0.717) is 5.56 Å². The van der Waals surface area contributed by atoms with Gasteiger partial charge < -0.3 is 4.90 Å². The molecule has 152 valence electrons. The van der Waals surface area contributed by atoms with Crippen LogP contribution in [0, 0.1) is 15.9 Å². The third kappa shape index (κ3) is 4.84. The lowest BCUT2D eigenvalue weighted by atomic mass is 10.2. The number of sulfonamides is 1. The van der Waals surface area contributed by atoms with Crippen LogP contribution < -0.4 is 0 Å². The average molecular weight is 419 g/mol. The molecule has 0 spiro atoms. The fraction of sp³-hybridized carbons (Fsp3) is 0.211. The van der Waals surface area contributed by atoms with Gasteiger partial charge in [-0.15, -0.1) is 0 Å². The molecule has 2 aromatic rings. The number of rotatable bonds is 5. The number of non-ortho nitro benzene ring substituents is 1. The van der Waals surface area contributed by atoms with Gasteiger partial charge in [-0.25, -0.2) is 12.8 Å². The zero-order valence-corrected chi connectivity index (χ0v) is 16.1. The second-order valence-electron chi connectivity index (χ2n) is 6.37. The number of hydrogen-bond acceptors (Lipinski definition) is 5. The molecule has 1 aliphatic rings. The first kappa shape index (κ1) is 20.6. The maximum absolute atomic E-state index is 12.9. The number of halogens is 1. The van der Waals surface area contributed by atoms with Gasteiger partial charge in [-0.1, -0.05) is 18.2 Å². The first-order chi connectivity index (χ1) is 13.8. The zero-order chi connectivity index (χ0) is 21.0. The molecule has 0 saturated carbocycles. The van der Waals surface area contributed by atoms with Crippen molar-refractivity contribution in [3.05, 3.63) is 76.1 Å². The Morgan fingerprint density at radius 3 is 2.34 bits per heavy atom.